The molecule has 0 radical (unpaired) electrons. The zero-order chi connectivity index (χ0) is 15.1. The molecule has 2 N–H and O–H groups in total. The third kappa shape index (κ3) is 2.23. The number of aromatic nitrogens is 2. The molecule has 0 bridgehead atoms. The Hall–Kier alpha value is -2.14. The summed E-state index contributed by atoms with van der Waals surface area (Å²) >= 11 is 1.65. The van der Waals surface area contributed by atoms with Crippen molar-refractivity contribution in [3.63, 3.8) is 0 Å². The first kappa shape index (κ1) is 13.8. The highest BCUT2D eigenvalue weighted by molar-refractivity contribution is 7.15. The lowest BCUT2D eigenvalue weighted by atomic mass is 10.0. The van der Waals surface area contributed by atoms with Crippen LogP contribution in [0.5, 0.6) is 0 Å². The van der Waals surface area contributed by atoms with Crippen LogP contribution in [0.1, 0.15) is 10.4 Å². The second-order valence-corrected chi connectivity index (χ2v) is 6.32. The number of benzene rings is 1. The van der Waals surface area contributed by atoms with E-state index in [9.17, 15) is 4.39 Å². The zero-order valence-electron chi connectivity index (χ0n) is 12.1. The Labute approximate surface area is 126 Å². The van der Waals surface area contributed by atoms with Gasteiger partial charge in [0.25, 0.3) is 0 Å². The summed E-state index contributed by atoms with van der Waals surface area (Å²) in [6.45, 7) is 4.13. The minimum Gasteiger partial charge on any atom is -0.383 e. The van der Waals surface area contributed by atoms with E-state index in [0.29, 0.717) is 16.9 Å². The monoisotopic (exact) mass is 301 g/mol. The summed E-state index contributed by atoms with van der Waals surface area (Å²) in [7, 11) is 1.77. The normalized spacial score (nSPS) is 11.0. The van der Waals surface area contributed by atoms with Crippen LogP contribution in [-0.4, -0.2) is 9.78 Å². The van der Waals surface area contributed by atoms with Gasteiger partial charge in [0, 0.05) is 17.5 Å². The maximum atomic E-state index is 14.2. The highest BCUT2D eigenvalue weighted by atomic mass is 32.1. The largest absolute Gasteiger partial charge is 0.383 e. The average molecular weight is 301 g/mol. The molecule has 0 fully saturated rings. The third-order valence-electron chi connectivity index (χ3n) is 3.63. The topological polar surface area (TPSA) is 43.8 Å². The molecule has 0 aliphatic rings. The van der Waals surface area contributed by atoms with E-state index >= 15 is 0 Å². The van der Waals surface area contributed by atoms with Crippen molar-refractivity contribution < 1.29 is 4.39 Å². The van der Waals surface area contributed by atoms with Crippen LogP contribution in [-0.2, 0) is 7.05 Å². The number of nitrogens with zero attached hydrogens (tertiary/aromatic N) is 2. The van der Waals surface area contributed by atoms with Gasteiger partial charge in [-0.05, 0) is 31.5 Å². The highest BCUT2D eigenvalue weighted by Gasteiger charge is 2.21. The standard InChI is InChI=1S/C16H16FN3S/c1-9-8-13(21-10(9)2)15-14(16(18)20(3)19-15)11-6-4-5-7-12(11)17/h4-8H,18H2,1-3H3. The van der Waals surface area contributed by atoms with Gasteiger partial charge in [-0.15, -0.1) is 11.3 Å². The van der Waals surface area contributed by atoms with E-state index in [1.807, 2.05) is 0 Å². The lowest BCUT2D eigenvalue weighted by Gasteiger charge is -2.04. The first-order chi connectivity index (χ1) is 9.99. The highest BCUT2D eigenvalue weighted by Crippen LogP contribution is 2.40. The van der Waals surface area contributed by atoms with Crippen LogP contribution >= 0.6 is 11.3 Å². The summed E-state index contributed by atoms with van der Waals surface area (Å²) in [5.41, 5.74) is 9.22. The maximum Gasteiger partial charge on any atom is 0.131 e. The van der Waals surface area contributed by atoms with E-state index in [4.69, 9.17) is 5.73 Å². The van der Waals surface area contributed by atoms with Crippen molar-refractivity contribution in [2.24, 2.45) is 7.05 Å². The van der Waals surface area contributed by atoms with Gasteiger partial charge in [-0.1, -0.05) is 18.2 Å². The summed E-state index contributed by atoms with van der Waals surface area (Å²) in [6.07, 6.45) is 0. The SMILES string of the molecule is Cc1cc(-c2nn(C)c(N)c2-c2ccccc2F)sc1C. The number of thiophene rings is 1. The Kier molecular flexibility index (Phi) is 3.29. The Balaban J connectivity index is 2.28. The van der Waals surface area contributed by atoms with Crippen molar-refractivity contribution in [3.05, 3.63) is 46.6 Å². The van der Waals surface area contributed by atoms with Crippen LogP contribution in [0.25, 0.3) is 21.7 Å². The number of anilines is 1. The molecule has 2 aromatic heterocycles. The first-order valence-electron chi connectivity index (χ1n) is 6.64. The van der Waals surface area contributed by atoms with Gasteiger partial charge in [-0.2, -0.15) is 5.10 Å². The maximum absolute atomic E-state index is 14.2. The summed E-state index contributed by atoms with van der Waals surface area (Å²) in [5.74, 6) is 0.183. The van der Waals surface area contributed by atoms with Crippen LogP contribution in [0.15, 0.2) is 30.3 Å². The summed E-state index contributed by atoms with van der Waals surface area (Å²) in [4.78, 5) is 2.24. The molecule has 3 aromatic rings. The van der Waals surface area contributed by atoms with Gasteiger partial charge in [0.15, 0.2) is 0 Å². The molecular formula is C16H16FN3S. The molecule has 0 unspecified atom stereocenters. The van der Waals surface area contributed by atoms with Crippen LogP contribution in [0, 0.1) is 19.7 Å². The number of halogens is 1. The smallest absolute Gasteiger partial charge is 0.131 e. The number of hydrogen-bond acceptors (Lipinski definition) is 3. The predicted octanol–water partition coefficient (Wildman–Crippen LogP) is 4.15. The molecule has 108 valence electrons. The molecule has 0 spiro atoms. The number of nitrogen functional groups attached to an aromatic ring is 1. The number of aryl methyl sites for hydroxylation is 3. The van der Waals surface area contributed by atoms with Crippen molar-refractivity contribution in [2.75, 3.05) is 5.73 Å². The molecule has 3 rings (SSSR count). The lowest BCUT2D eigenvalue weighted by Crippen LogP contribution is -1.98. The van der Waals surface area contributed by atoms with Crippen LogP contribution in [0.3, 0.4) is 0 Å². The van der Waals surface area contributed by atoms with Gasteiger partial charge in [0.05, 0.1) is 10.4 Å². The molecule has 0 saturated carbocycles. The second-order valence-electron chi connectivity index (χ2n) is 5.06. The molecule has 21 heavy (non-hydrogen) atoms. The van der Waals surface area contributed by atoms with E-state index in [-0.39, 0.29) is 5.82 Å². The number of hydrogen-bond donors (Lipinski definition) is 1. The van der Waals surface area contributed by atoms with Crippen molar-refractivity contribution >= 4 is 17.2 Å². The first-order valence-corrected chi connectivity index (χ1v) is 7.45. The van der Waals surface area contributed by atoms with Gasteiger partial charge in [0.1, 0.15) is 17.3 Å². The van der Waals surface area contributed by atoms with E-state index in [1.165, 1.54) is 16.5 Å². The van der Waals surface area contributed by atoms with E-state index in [2.05, 4.69) is 25.0 Å². The Morgan fingerprint density at radius 2 is 1.95 bits per heavy atom. The summed E-state index contributed by atoms with van der Waals surface area (Å²) in [5, 5.41) is 4.49. The third-order valence-corrected chi connectivity index (χ3v) is 4.79. The Morgan fingerprint density at radius 1 is 1.24 bits per heavy atom. The Morgan fingerprint density at radius 3 is 2.57 bits per heavy atom. The van der Waals surface area contributed by atoms with Crippen LogP contribution in [0.4, 0.5) is 10.2 Å². The molecule has 0 atom stereocenters. The van der Waals surface area contributed by atoms with Crippen molar-refractivity contribution in [2.45, 2.75) is 13.8 Å². The van der Waals surface area contributed by atoms with Gasteiger partial charge < -0.3 is 5.73 Å². The van der Waals surface area contributed by atoms with E-state index in [1.54, 1.807) is 41.3 Å². The zero-order valence-corrected chi connectivity index (χ0v) is 13.0. The molecule has 0 saturated heterocycles. The quantitative estimate of drug-likeness (QED) is 0.772. The Bertz CT molecular complexity index is 798. The van der Waals surface area contributed by atoms with E-state index < -0.39 is 0 Å². The van der Waals surface area contributed by atoms with Crippen molar-refractivity contribution in [1.29, 1.82) is 0 Å². The molecule has 2 heterocycles. The molecule has 5 heteroatoms. The fourth-order valence-corrected chi connectivity index (χ4v) is 3.35. The van der Waals surface area contributed by atoms with Crippen LogP contribution < -0.4 is 5.73 Å². The summed E-state index contributed by atoms with van der Waals surface area (Å²) in [6, 6.07) is 8.73. The molecule has 3 nitrogen and oxygen atoms in total. The fraction of sp³-hybridized carbons (Fsp3) is 0.188. The minimum atomic E-state index is -0.288. The average Bonchev–Trinajstić information content (AvgIpc) is 2.93. The van der Waals surface area contributed by atoms with Gasteiger partial charge in [-0.3, -0.25) is 4.68 Å². The van der Waals surface area contributed by atoms with E-state index in [0.717, 1.165) is 10.6 Å². The number of rotatable bonds is 2. The molecular weight excluding hydrogens is 285 g/mol. The van der Waals surface area contributed by atoms with Crippen molar-refractivity contribution in [1.82, 2.24) is 9.78 Å². The lowest BCUT2D eigenvalue weighted by molar-refractivity contribution is 0.631. The number of nitrogens with two attached hydrogens (primary N) is 1. The molecule has 0 aliphatic carbocycles. The minimum absolute atomic E-state index is 0.288. The molecule has 0 amide bonds. The second kappa shape index (κ2) is 5.00. The van der Waals surface area contributed by atoms with Gasteiger partial charge >= 0.3 is 0 Å². The van der Waals surface area contributed by atoms with Gasteiger partial charge in [0.2, 0.25) is 0 Å². The van der Waals surface area contributed by atoms with Gasteiger partial charge in [-0.25, -0.2) is 4.39 Å². The molecule has 0 aliphatic heterocycles. The molecule has 1 aromatic carbocycles. The predicted molar refractivity (Wildman–Crippen MR) is 85.8 cm³/mol. The van der Waals surface area contributed by atoms with Crippen molar-refractivity contribution in [3.8, 4) is 21.7 Å². The fourth-order valence-electron chi connectivity index (χ4n) is 2.33. The van der Waals surface area contributed by atoms with Crippen LogP contribution in [0.2, 0.25) is 0 Å². The summed E-state index contributed by atoms with van der Waals surface area (Å²) < 4.78 is 15.8.